The van der Waals surface area contributed by atoms with Crippen molar-refractivity contribution >= 4 is 27.5 Å². The molecule has 0 radical (unpaired) electrons. The largest absolute Gasteiger partial charge is 0.267 e. The number of hydrogen-bond acceptors (Lipinski definition) is 4. The molecule has 0 saturated carbocycles. The van der Waals surface area contributed by atoms with E-state index in [1.165, 1.54) is 4.31 Å². The minimum absolute atomic E-state index is 0.276. The SMILES string of the molecule is CCN(c1ccc(CC#N)cc1)S(=O)(=O)c1ccc(SC)cc1. The number of anilines is 1. The van der Waals surface area contributed by atoms with Gasteiger partial charge in [0.2, 0.25) is 0 Å². The molecular weight excluding hydrogens is 328 g/mol. The van der Waals surface area contributed by atoms with E-state index in [4.69, 9.17) is 5.26 Å². The van der Waals surface area contributed by atoms with Crippen molar-refractivity contribution in [3.05, 3.63) is 54.1 Å². The average Bonchev–Trinajstić information content (AvgIpc) is 2.57. The molecule has 23 heavy (non-hydrogen) atoms. The maximum absolute atomic E-state index is 12.8. The maximum atomic E-state index is 12.8. The predicted molar refractivity (Wildman–Crippen MR) is 94.2 cm³/mol. The fourth-order valence-corrected chi connectivity index (χ4v) is 4.12. The van der Waals surface area contributed by atoms with E-state index in [2.05, 4.69) is 6.07 Å². The Hall–Kier alpha value is -1.97. The Kier molecular flexibility index (Phi) is 5.69. The van der Waals surface area contributed by atoms with Gasteiger partial charge in [0, 0.05) is 11.4 Å². The third-order valence-electron chi connectivity index (χ3n) is 3.44. The van der Waals surface area contributed by atoms with Gasteiger partial charge in [-0.05, 0) is 55.1 Å². The first-order valence-electron chi connectivity index (χ1n) is 7.15. The second kappa shape index (κ2) is 7.53. The number of nitrogens with zero attached hydrogens (tertiary/aromatic N) is 2. The minimum Gasteiger partial charge on any atom is -0.267 e. The molecule has 4 nitrogen and oxygen atoms in total. The molecule has 0 aliphatic heterocycles. The lowest BCUT2D eigenvalue weighted by molar-refractivity contribution is 0.592. The lowest BCUT2D eigenvalue weighted by atomic mass is 10.1. The lowest BCUT2D eigenvalue weighted by Crippen LogP contribution is -2.30. The molecule has 0 aliphatic carbocycles. The fourth-order valence-electron chi connectivity index (χ4n) is 2.24. The van der Waals surface area contributed by atoms with Crippen molar-refractivity contribution in [3.8, 4) is 6.07 Å². The summed E-state index contributed by atoms with van der Waals surface area (Å²) in [4.78, 5) is 1.30. The summed E-state index contributed by atoms with van der Waals surface area (Å²) in [6.45, 7) is 2.14. The Labute approximate surface area is 141 Å². The van der Waals surface area contributed by atoms with Crippen LogP contribution in [-0.4, -0.2) is 21.2 Å². The molecule has 0 bridgehead atoms. The first-order valence-corrected chi connectivity index (χ1v) is 9.82. The van der Waals surface area contributed by atoms with E-state index in [1.54, 1.807) is 67.2 Å². The third kappa shape index (κ3) is 3.87. The van der Waals surface area contributed by atoms with E-state index in [0.29, 0.717) is 18.7 Å². The zero-order valence-electron chi connectivity index (χ0n) is 13.1. The van der Waals surface area contributed by atoms with Crippen LogP contribution in [0.4, 0.5) is 5.69 Å². The summed E-state index contributed by atoms with van der Waals surface area (Å²) in [6, 6.07) is 16.0. The molecular formula is C17H18N2O2S2. The van der Waals surface area contributed by atoms with Crippen LogP contribution in [0.25, 0.3) is 0 Å². The molecule has 0 saturated heterocycles. The third-order valence-corrected chi connectivity index (χ3v) is 6.10. The second-order valence-electron chi connectivity index (χ2n) is 4.85. The number of hydrogen-bond donors (Lipinski definition) is 0. The van der Waals surface area contributed by atoms with Gasteiger partial charge in [-0.15, -0.1) is 11.8 Å². The normalized spacial score (nSPS) is 11.0. The van der Waals surface area contributed by atoms with Gasteiger partial charge in [-0.25, -0.2) is 8.42 Å². The first-order chi connectivity index (χ1) is 11.0. The van der Waals surface area contributed by atoms with E-state index in [0.717, 1.165) is 10.5 Å². The molecule has 0 spiro atoms. The minimum atomic E-state index is -3.60. The number of sulfonamides is 1. The topological polar surface area (TPSA) is 61.2 Å². The van der Waals surface area contributed by atoms with Crippen molar-refractivity contribution in [2.24, 2.45) is 0 Å². The maximum Gasteiger partial charge on any atom is 0.264 e. The average molecular weight is 346 g/mol. The highest BCUT2D eigenvalue weighted by molar-refractivity contribution is 7.98. The highest BCUT2D eigenvalue weighted by Gasteiger charge is 2.23. The zero-order valence-corrected chi connectivity index (χ0v) is 14.7. The molecule has 0 aromatic heterocycles. The van der Waals surface area contributed by atoms with Gasteiger partial charge in [0.15, 0.2) is 0 Å². The standard InChI is InChI=1S/C17H18N2O2S2/c1-3-19(15-6-4-14(5-7-15)12-13-18)23(20,21)17-10-8-16(22-2)9-11-17/h4-11H,3,12H2,1-2H3. The van der Waals surface area contributed by atoms with Crippen molar-refractivity contribution < 1.29 is 8.42 Å². The van der Waals surface area contributed by atoms with Gasteiger partial charge in [-0.3, -0.25) is 4.31 Å². The van der Waals surface area contributed by atoms with Crippen LogP contribution in [0.5, 0.6) is 0 Å². The Morgan fingerprint density at radius 3 is 2.17 bits per heavy atom. The number of nitriles is 1. The van der Waals surface area contributed by atoms with Crippen molar-refractivity contribution in [1.29, 1.82) is 5.26 Å². The molecule has 0 unspecified atom stereocenters. The van der Waals surface area contributed by atoms with Gasteiger partial charge in [0.05, 0.1) is 23.1 Å². The predicted octanol–water partition coefficient (Wildman–Crippen LogP) is 3.69. The summed E-state index contributed by atoms with van der Waals surface area (Å²) in [5.74, 6) is 0. The molecule has 0 amide bonds. The van der Waals surface area contributed by atoms with Crippen LogP contribution in [0.1, 0.15) is 12.5 Å². The van der Waals surface area contributed by atoms with E-state index in [9.17, 15) is 8.42 Å². The molecule has 0 heterocycles. The molecule has 120 valence electrons. The van der Waals surface area contributed by atoms with Gasteiger partial charge < -0.3 is 0 Å². The van der Waals surface area contributed by atoms with Gasteiger partial charge in [0.1, 0.15) is 0 Å². The summed E-state index contributed by atoms with van der Waals surface area (Å²) in [5.41, 5.74) is 1.47. The Bertz CT molecular complexity index is 792. The van der Waals surface area contributed by atoms with Crippen LogP contribution in [0, 0.1) is 11.3 Å². The van der Waals surface area contributed by atoms with Crippen LogP contribution < -0.4 is 4.31 Å². The summed E-state index contributed by atoms with van der Waals surface area (Å²) in [5, 5.41) is 8.71. The highest BCUT2D eigenvalue weighted by atomic mass is 32.2. The van der Waals surface area contributed by atoms with Crippen molar-refractivity contribution in [2.45, 2.75) is 23.1 Å². The summed E-state index contributed by atoms with van der Waals surface area (Å²) >= 11 is 1.57. The monoisotopic (exact) mass is 346 g/mol. The van der Waals surface area contributed by atoms with E-state index >= 15 is 0 Å². The molecule has 6 heteroatoms. The number of rotatable bonds is 6. The molecule has 0 fully saturated rings. The lowest BCUT2D eigenvalue weighted by Gasteiger charge is -2.23. The Morgan fingerprint density at radius 1 is 1.09 bits per heavy atom. The molecule has 0 aliphatic rings. The Morgan fingerprint density at radius 2 is 1.70 bits per heavy atom. The Balaban J connectivity index is 2.36. The van der Waals surface area contributed by atoms with Crippen molar-refractivity contribution in [3.63, 3.8) is 0 Å². The van der Waals surface area contributed by atoms with Gasteiger partial charge in [0.25, 0.3) is 10.0 Å². The van der Waals surface area contributed by atoms with Crippen LogP contribution >= 0.6 is 11.8 Å². The smallest absolute Gasteiger partial charge is 0.264 e. The quantitative estimate of drug-likeness (QED) is 0.749. The van der Waals surface area contributed by atoms with Gasteiger partial charge in [-0.1, -0.05) is 12.1 Å². The molecule has 2 aromatic carbocycles. The number of benzene rings is 2. The summed E-state index contributed by atoms with van der Waals surface area (Å²) in [7, 11) is -3.60. The van der Waals surface area contributed by atoms with Crippen LogP contribution in [0.2, 0.25) is 0 Å². The van der Waals surface area contributed by atoms with Crippen molar-refractivity contribution in [2.75, 3.05) is 17.1 Å². The van der Waals surface area contributed by atoms with Crippen molar-refractivity contribution in [1.82, 2.24) is 0 Å². The summed E-state index contributed by atoms with van der Waals surface area (Å²) in [6.07, 6.45) is 2.26. The van der Waals surface area contributed by atoms with E-state index in [-0.39, 0.29) is 4.90 Å². The number of thioether (sulfide) groups is 1. The van der Waals surface area contributed by atoms with Gasteiger partial charge >= 0.3 is 0 Å². The summed E-state index contributed by atoms with van der Waals surface area (Å²) < 4.78 is 27.1. The molecule has 0 N–H and O–H groups in total. The van der Waals surface area contributed by atoms with E-state index < -0.39 is 10.0 Å². The molecule has 0 atom stereocenters. The van der Waals surface area contributed by atoms with Crippen LogP contribution in [-0.2, 0) is 16.4 Å². The van der Waals surface area contributed by atoms with Crippen LogP contribution in [0.3, 0.4) is 0 Å². The molecule has 2 aromatic rings. The zero-order chi connectivity index (χ0) is 16.9. The van der Waals surface area contributed by atoms with E-state index in [1.807, 2.05) is 6.26 Å². The fraction of sp³-hybridized carbons (Fsp3) is 0.235. The van der Waals surface area contributed by atoms with Gasteiger partial charge in [-0.2, -0.15) is 5.26 Å². The second-order valence-corrected chi connectivity index (χ2v) is 7.59. The van der Waals surface area contributed by atoms with Crippen LogP contribution in [0.15, 0.2) is 58.3 Å². The first kappa shape index (κ1) is 17.4. The highest BCUT2D eigenvalue weighted by Crippen LogP contribution is 2.25. The molecule has 2 rings (SSSR count).